The highest BCUT2D eigenvalue weighted by Gasteiger charge is 2.19. The van der Waals surface area contributed by atoms with E-state index >= 15 is 0 Å². The first-order valence-electron chi connectivity index (χ1n) is 12.1. The zero-order chi connectivity index (χ0) is 25.5. The molecular weight excluding hydrogens is 450 g/mol. The molecule has 0 unspecified atom stereocenters. The van der Waals surface area contributed by atoms with Crippen LogP contribution in [0.3, 0.4) is 0 Å². The monoisotopic (exact) mass is 481 g/mol. The molecule has 3 amide bonds. The maximum Gasteiger partial charge on any atom is 0.322 e. The number of hydrogen-bond donors (Lipinski definition) is 2. The van der Waals surface area contributed by atoms with Crippen LogP contribution in [0.5, 0.6) is 0 Å². The van der Waals surface area contributed by atoms with Crippen LogP contribution in [0.4, 0.5) is 16.3 Å². The molecule has 7 heteroatoms. The van der Waals surface area contributed by atoms with E-state index in [1.54, 1.807) is 4.68 Å². The van der Waals surface area contributed by atoms with Crippen molar-refractivity contribution in [2.45, 2.75) is 26.7 Å². The topological polar surface area (TPSA) is 79.3 Å². The second-order valence-electron chi connectivity index (χ2n) is 8.80. The highest BCUT2D eigenvalue weighted by Crippen LogP contribution is 2.25. The van der Waals surface area contributed by atoms with Gasteiger partial charge in [0.2, 0.25) is 5.91 Å². The van der Waals surface area contributed by atoms with Crippen molar-refractivity contribution in [3.05, 3.63) is 96.6 Å². The standard InChI is InChI=1S/C29H31N5O2/c1-4-33(29(36)30-24-17-15-22(16-18-24)21(2)3)20-28(35)31-27-19-26(23-11-7-5-8-12-23)32-34(27)25-13-9-6-10-14-25/h5-19,21H,4,20H2,1-3H3,(H,30,36)(H,31,35). The molecule has 0 saturated heterocycles. The molecule has 0 fully saturated rings. The summed E-state index contributed by atoms with van der Waals surface area (Å²) in [4.78, 5) is 27.3. The molecule has 0 bridgehead atoms. The van der Waals surface area contributed by atoms with E-state index in [1.165, 1.54) is 10.5 Å². The number of rotatable bonds is 8. The van der Waals surface area contributed by atoms with Crippen molar-refractivity contribution in [3.8, 4) is 16.9 Å². The minimum Gasteiger partial charge on any atom is -0.315 e. The summed E-state index contributed by atoms with van der Waals surface area (Å²) in [5.41, 5.74) is 4.40. The van der Waals surface area contributed by atoms with Crippen LogP contribution in [-0.4, -0.2) is 39.7 Å². The van der Waals surface area contributed by atoms with Gasteiger partial charge in [-0.3, -0.25) is 4.79 Å². The third kappa shape index (κ3) is 5.99. The van der Waals surface area contributed by atoms with Crippen molar-refractivity contribution in [1.82, 2.24) is 14.7 Å². The van der Waals surface area contributed by atoms with Gasteiger partial charge in [-0.1, -0.05) is 74.5 Å². The van der Waals surface area contributed by atoms with E-state index in [2.05, 4.69) is 24.5 Å². The highest BCUT2D eigenvalue weighted by molar-refractivity contribution is 5.97. The maximum absolute atomic E-state index is 13.0. The Kier molecular flexibility index (Phi) is 7.80. The van der Waals surface area contributed by atoms with Crippen LogP contribution in [-0.2, 0) is 4.79 Å². The summed E-state index contributed by atoms with van der Waals surface area (Å²) >= 11 is 0. The third-order valence-corrected chi connectivity index (χ3v) is 5.88. The van der Waals surface area contributed by atoms with Crippen LogP contribution in [0.1, 0.15) is 32.3 Å². The van der Waals surface area contributed by atoms with Crippen molar-refractivity contribution in [2.24, 2.45) is 0 Å². The van der Waals surface area contributed by atoms with Crippen LogP contribution >= 0.6 is 0 Å². The van der Waals surface area contributed by atoms with Crippen LogP contribution in [0.25, 0.3) is 16.9 Å². The SMILES string of the molecule is CCN(CC(=O)Nc1cc(-c2ccccc2)nn1-c1ccccc1)C(=O)Nc1ccc(C(C)C)cc1. The van der Waals surface area contributed by atoms with Gasteiger partial charge in [-0.05, 0) is 42.7 Å². The van der Waals surface area contributed by atoms with Gasteiger partial charge in [0.05, 0.1) is 11.4 Å². The van der Waals surface area contributed by atoms with E-state index in [0.29, 0.717) is 24.0 Å². The van der Waals surface area contributed by atoms with Gasteiger partial charge in [0, 0.05) is 23.9 Å². The first-order valence-corrected chi connectivity index (χ1v) is 12.1. The molecule has 36 heavy (non-hydrogen) atoms. The molecule has 0 radical (unpaired) electrons. The molecule has 1 heterocycles. The van der Waals surface area contributed by atoms with E-state index in [0.717, 1.165) is 16.9 Å². The van der Waals surface area contributed by atoms with Crippen LogP contribution < -0.4 is 10.6 Å². The van der Waals surface area contributed by atoms with Crippen molar-refractivity contribution < 1.29 is 9.59 Å². The van der Waals surface area contributed by atoms with Crippen molar-refractivity contribution in [3.63, 3.8) is 0 Å². The minimum absolute atomic E-state index is 0.0902. The minimum atomic E-state index is -0.327. The summed E-state index contributed by atoms with van der Waals surface area (Å²) in [6, 6.07) is 28.7. The third-order valence-electron chi connectivity index (χ3n) is 5.88. The Morgan fingerprint density at radius 2 is 1.53 bits per heavy atom. The number of urea groups is 1. The number of amides is 3. The number of carbonyl (C=O) groups excluding carboxylic acids is 2. The predicted octanol–water partition coefficient (Wildman–Crippen LogP) is 6.16. The Hall–Kier alpha value is -4.39. The van der Waals surface area contributed by atoms with Crippen LogP contribution in [0.2, 0.25) is 0 Å². The Morgan fingerprint density at radius 1 is 0.889 bits per heavy atom. The molecule has 0 spiro atoms. The number of benzene rings is 3. The smallest absolute Gasteiger partial charge is 0.315 e. The fourth-order valence-corrected chi connectivity index (χ4v) is 3.82. The lowest BCUT2D eigenvalue weighted by Gasteiger charge is -2.21. The van der Waals surface area contributed by atoms with E-state index in [9.17, 15) is 9.59 Å². The quantitative estimate of drug-likeness (QED) is 0.317. The van der Waals surface area contributed by atoms with Gasteiger partial charge in [0.15, 0.2) is 0 Å². The molecule has 2 N–H and O–H groups in total. The van der Waals surface area contributed by atoms with E-state index in [4.69, 9.17) is 5.10 Å². The number of hydrogen-bond acceptors (Lipinski definition) is 3. The molecular formula is C29H31N5O2. The molecule has 3 aromatic carbocycles. The van der Waals surface area contributed by atoms with Gasteiger partial charge in [-0.2, -0.15) is 5.10 Å². The zero-order valence-corrected chi connectivity index (χ0v) is 20.8. The number of nitrogens with zero attached hydrogens (tertiary/aromatic N) is 3. The van der Waals surface area contributed by atoms with E-state index < -0.39 is 0 Å². The van der Waals surface area contributed by atoms with Gasteiger partial charge >= 0.3 is 6.03 Å². The first kappa shape index (κ1) is 24.7. The van der Waals surface area contributed by atoms with Crippen LogP contribution in [0.15, 0.2) is 91.0 Å². The van der Waals surface area contributed by atoms with Gasteiger partial charge in [0.25, 0.3) is 0 Å². The van der Waals surface area contributed by atoms with E-state index in [-0.39, 0.29) is 18.5 Å². The Labute approximate surface area is 211 Å². The molecule has 0 aliphatic carbocycles. The largest absolute Gasteiger partial charge is 0.322 e. The van der Waals surface area contributed by atoms with Gasteiger partial charge in [0.1, 0.15) is 12.4 Å². The number of aromatic nitrogens is 2. The van der Waals surface area contributed by atoms with Gasteiger partial charge < -0.3 is 15.5 Å². The molecule has 4 rings (SSSR count). The molecule has 4 aromatic rings. The fourth-order valence-electron chi connectivity index (χ4n) is 3.82. The summed E-state index contributed by atoms with van der Waals surface area (Å²) in [6.07, 6.45) is 0. The molecule has 1 aromatic heterocycles. The predicted molar refractivity (Wildman–Crippen MR) is 144 cm³/mol. The average molecular weight is 482 g/mol. The van der Waals surface area contributed by atoms with Gasteiger partial charge in [-0.25, -0.2) is 9.48 Å². The molecule has 7 nitrogen and oxygen atoms in total. The maximum atomic E-state index is 13.0. The van der Waals surface area contributed by atoms with Crippen molar-refractivity contribution in [1.29, 1.82) is 0 Å². The molecule has 184 valence electrons. The second-order valence-corrected chi connectivity index (χ2v) is 8.80. The second kappa shape index (κ2) is 11.4. The lowest BCUT2D eigenvalue weighted by molar-refractivity contribution is -0.116. The normalized spacial score (nSPS) is 10.8. The van der Waals surface area contributed by atoms with Crippen LogP contribution in [0, 0.1) is 0 Å². The molecule has 0 saturated carbocycles. The number of para-hydroxylation sites is 1. The number of nitrogens with one attached hydrogen (secondary N) is 2. The van der Waals surface area contributed by atoms with Crippen molar-refractivity contribution in [2.75, 3.05) is 23.7 Å². The molecule has 0 atom stereocenters. The Balaban J connectivity index is 1.48. The lowest BCUT2D eigenvalue weighted by atomic mass is 10.0. The molecule has 0 aliphatic heterocycles. The zero-order valence-electron chi connectivity index (χ0n) is 20.8. The van der Waals surface area contributed by atoms with Crippen molar-refractivity contribution >= 4 is 23.4 Å². The first-order chi connectivity index (χ1) is 17.4. The molecule has 0 aliphatic rings. The summed E-state index contributed by atoms with van der Waals surface area (Å²) in [5.74, 6) is 0.641. The summed E-state index contributed by atoms with van der Waals surface area (Å²) < 4.78 is 1.70. The summed E-state index contributed by atoms with van der Waals surface area (Å²) in [7, 11) is 0. The summed E-state index contributed by atoms with van der Waals surface area (Å²) in [5, 5.41) is 10.5. The fraction of sp³-hybridized carbons (Fsp3) is 0.207. The van der Waals surface area contributed by atoms with Gasteiger partial charge in [-0.15, -0.1) is 0 Å². The summed E-state index contributed by atoms with van der Waals surface area (Å²) in [6.45, 7) is 6.38. The number of likely N-dealkylation sites (N-methyl/N-ethyl adjacent to an activating group) is 1. The Bertz CT molecular complexity index is 1300. The number of anilines is 2. The average Bonchev–Trinajstić information content (AvgIpc) is 3.32. The van der Waals surface area contributed by atoms with E-state index in [1.807, 2.05) is 97.9 Å². The number of carbonyl (C=O) groups is 2. The Morgan fingerprint density at radius 3 is 2.14 bits per heavy atom. The lowest BCUT2D eigenvalue weighted by Crippen LogP contribution is -2.40. The highest BCUT2D eigenvalue weighted by atomic mass is 16.2.